The van der Waals surface area contributed by atoms with Crippen molar-refractivity contribution in [3.8, 4) is 5.75 Å². The van der Waals surface area contributed by atoms with Crippen LogP contribution in [0.1, 0.15) is 16.9 Å². The van der Waals surface area contributed by atoms with Gasteiger partial charge in [0.2, 0.25) is 0 Å². The number of hydrogen-bond acceptors (Lipinski definition) is 3. The van der Waals surface area contributed by atoms with Gasteiger partial charge in [-0.25, -0.2) is 0 Å². The maximum absolute atomic E-state index is 6.64. The van der Waals surface area contributed by atoms with Crippen LogP contribution in [0.25, 0.3) is 0 Å². The lowest BCUT2D eigenvalue weighted by molar-refractivity contribution is 0.216. The van der Waals surface area contributed by atoms with E-state index in [9.17, 15) is 0 Å². The third-order valence-corrected chi connectivity index (χ3v) is 5.32. The van der Waals surface area contributed by atoms with Crippen molar-refractivity contribution in [1.82, 2.24) is 0 Å². The van der Waals surface area contributed by atoms with E-state index in [1.54, 1.807) is 11.3 Å². The fourth-order valence-electron chi connectivity index (χ4n) is 2.40. The van der Waals surface area contributed by atoms with Gasteiger partial charge in [-0.1, -0.05) is 18.2 Å². The zero-order valence-corrected chi connectivity index (χ0v) is 12.3. The smallest absolute Gasteiger partial charge is 0.124 e. The first-order valence-corrected chi connectivity index (χ1v) is 7.59. The zero-order valence-electron chi connectivity index (χ0n) is 9.86. The van der Waals surface area contributed by atoms with Gasteiger partial charge in [0.15, 0.2) is 0 Å². The molecule has 0 saturated carbocycles. The molecule has 1 aliphatic heterocycles. The van der Waals surface area contributed by atoms with Crippen molar-refractivity contribution in [2.75, 3.05) is 6.61 Å². The molecular weight excluding hydrogens is 310 g/mol. The minimum Gasteiger partial charge on any atom is -0.493 e. The number of fused-ring (bicyclic) bond motifs is 1. The molecule has 0 radical (unpaired) electrons. The van der Waals surface area contributed by atoms with E-state index in [1.807, 2.05) is 18.2 Å². The molecule has 1 unspecified atom stereocenters. The van der Waals surface area contributed by atoms with Crippen LogP contribution in [0.5, 0.6) is 5.75 Å². The maximum Gasteiger partial charge on any atom is 0.124 e. The molecule has 1 aromatic heterocycles. The molecule has 0 bridgehead atoms. The van der Waals surface area contributed by atoms with E-state index in [-0.39, 0.29) is 5.54 Å². The van der Waals surface area contributed by atoms with Crippen molar-refractivity contribution < 1.29 is 4.74 Å². The van der Waals surface area contributed by atoms with Gasteiger partial charge in [0, 0.05) is 27.8 Å². The second kappa shape index (κ2) is 4.68. The van der Waals surface area contributed by atoms with E-state index in [2.05, 4.69) is 33.4 Å². The molecule has 0 amide bonds. The first kappa shape index (κ1) is 12.2. The van der Waals surface area contributed by atoms with Gasteiger partial charge in [-0.2, -0.15) is 0 Å². The van der Waals surface area contributed by atoms with Crippen LogP contribution in [-0.4, -0.2) is 6.61 Å². The Hall–Kier alpha value is -0.840. The van der Waals surface area contributed by atoms with Crippen LogP contribution in [0.2, 0.25) is 0 Å². The molecule has 2 nitrogen and oxygen atoms in total. The summed E-state index contributed by atoms with van der Waals surface area (Å²) in [5.41, 5.74) is 7.44. The first-order valence-electron chi connectivity index (χ1n) is 5.92. The Morgan fingerprint density at radius 2 is 2.17 bits per heavy atom. The number of rotatable bonds is 2. The van der Waals surface area contributed by atoms with Gasteiger partial charge in [0.1, 0.15) is 5.75 Å². The van der Waals surface area contributed by atoms with E-state index in [4.69, 9.17) is 10.5 Å². The highest BCUT2D eigenvalue weighted by atomic mass is 79.9. The Morgan fingerprint density at radius 3 is 2.94 bits per heavy atom. The molecule has 0 spiro atoms. The number of halogens is 1. The summed E-state index contributed by atoms with van der Waals surface area (Å²) in [6, 6.07) is 10.2. The summed E-state index contributed by atoms with van der Waals surface area (Å²) < 4.78 is 6.83. The number of nitrogens with two attached hydrogens (primary N) is 1. The highest BCUT2D eigenvalue weighted by Gasteiger charge is 2.34. The molecule has 0 aliphatic carbocycles. The molecule has 2 N–H and O–H groups in total. The largest absolute Gasteiger partial charge is 0.493 e. The molecule has 0 saturated heterocycles. The van der Waals surface area contributed by atoms with Crippen molar-refractivity contribution in [2.45, 2.75) is 18.4 Å². The predicted molar refractivity (Wildman–Crippen MR) is 78.1 cm³/mol. The fourth-order valence-corrected chi connectivity index (χ4v) is 4.02. The lowest BCUT2D eigenvalue weighted by Gasteiger charge is -2.35. The van der Waals surface area contributed by atoms with Gasteiger partial charge < -0.3 is 10.5 Å². The molecular formula is C14H14BrNOS. The molecule has 1 aliphatic rings. The van der Waals surface area contributed by atoms with Gasteiger partial charge in [-0.15, -0.1) is 11.3 Å². The Kier molecular flexibility index (Phi) is 3.18. The molecule has 1 aromatic carbocycles. The topological polar surface area (TPSA) is 35.2 Å². The molecule has 2 aromatic rings. The van der Waals surface area contributed by atoms with E-state index in [0.717, 1.165) is 28.6 Å². The minimum atomic E-state index is -0.317. The van der Waals surface area contributed by atoms with Crippen LogP contribution in [0, 0.1) is 0 Å². The van der Waals surface area contributed by atoms with E-state index in [1.165, 1.54) is 4.88 Å². The Balaban J connectivity index is 1.98. The van der Waals surface area contributed by atoms with E-state index in [0.29, 0.717) is 6.61 Å². The van der Waals surface area contributed by atoms with Crippen LogP contribution >= 0.6 is 27.3 Å². The van der Waals surface area contributed by atoms with Crippen molar-refractivity contribution in [2.24, 2.45) is 5.73 Å². The quantitative estimate of drug-likeness (QED) is 0.914. The third kappa shape index (κ3) is 2.09. The van der Waals surface area contributed by atoms with Gasteiger partial charge in [-0.05, 0) is 33.4 Å². The van der Waals surface area contributed by atoms with Crippen LogP contribution in [0.15, 0.2) is 40.2 Å². The molecule has 0 fully saturated rings. The van der Waals surface area contributed by atoms with Crippen molar-refractivity contribution in [3.63, 3.8) is 0 Å². The van der Waals surface area contributed by atoms with Crippen molar-refractivity contribution in [1.29, 1.82) is 0 Å². The summed E-state index contributed by atoms with van der Waals surface area (Å²) in [4.78, 5) is 1.30. The summed E-state index contributed by atoms with van der Waals surface area (Å²) in [7, 11) is 0. The van der Waals surface area contributed by atoms with Crippen LogP contribution < -0.4 is 10.5 Å². The molecule has 3 rings (SSSR count). The summed E-state index contributed by atoms with van der Waals surface area (Å²) in [6.07, 6.45) is 1.71. The molecule has 2 heterocycles. The van der Waals surface area contributed by atoms with E-state index >= 15 is 0 Å². The second-order valence-electron chi connectivity index (χ2n) is 4.62. The summed E-state index contributed by atoms with van der Waals surface area (Å²) in [6.45, 7) is 0.691. The molecule has 1 atom stereocenters. The SMILES string of the molecule is NC1(Cc2sccc2Br)CCOc2ccccc21. The van der Waals surface area contributed by atoms with E-state index < -0.39 is 0 Å². The molecule has 94 valence electrons. The average Bonchev–Trinajstić information content (AvgIpc) is 2.75. The summed E-state index contributed by atoms with van der Waals surface area (Å²) in [5, 5.41) is 2.09. The first-order chi connectivity index (χ1) is 8.69. The minimum absolute atomic E-state index is 0.317. The summed E-state index contributed by atoms with van der Waals surface area (Å²) in [5.74, 6) is 0.930. The zero-order chi connectivity index (χ0) is 12.6. The highest BCUT2D eigenvalue weighted by Crippen LogP contribution is 2.39. The number of benzene rings is 1. The maximum atomic E-state index is 6.64. The Labute approximate surface area is 119 Å². The third-order valence-electron chi connectivity index (χ3n) is 3.40. The molecule has 18 heavy (non-hydrogen) atoms. The van der Waals surface area contributed by atoms with Gasteiger partial charge in [0.25, 0.3) is 0 Å². The average molecular weight is 324 g/mol. The number of hydrogen-bond donors (Lipinski definition) is 1. The lowest BCUT2D eigenvalue weighted by Crippen LogP contribution is -2.43. The normalized spacial score (nSPS) is 22.3. The fraction of sp³-hybridized carbons (Fsp3) is 0.286. The lowest BCUT2D eigenvalue weighted by atomic mass is 9.82. The van der Waals surface area contributed by atoms with Crippen molar-refractivity contribution in [3.05, 3.63) is 50.6 Å². The molecule has 4 heteroatoms. The predicted octanol–water partition coefficient (Wildman–Crippen LogP) is 3.69. The van der Waals surface area contributed by atoms with Crippen LogP contribution in [0.4, 0.5) is 0 Å². The van der Waals surface area contributed by atoms with Gasteiger partial charge in [0.05, 0.1) is 12.1 Å². The standard InChI is InChI=1S/C14H14BrNOS/c15-11-5-8-18-13(11)9-14(16)6-7-17-12-4-2-1-3-10(12)14/h1-5,8H,6-7,9,16H2. The summed E-state index contributed by atoms with van der Waals surface area (Å²) >= 11 is 5.33. The van der Waals surface area contributed by atoms with Gasteiger partial charge >= 0.3 is 0 Å². The van der Waals surface area contributed by atoms with Crippen molar-refractivity contribution >= 4 is 27.3 Å². The Bertz CT molecular complexity index is 568. The van der Waals surface area contributed by atoms with Crippen LogP contribution in [0.3, 0.4) is 0 Å². The Morgan fingerprint density at radius 1 is 1.33 bits per heavy atom. The second-order valence-corrected chi connectivity index (χ2v) is 6.47. The number of ether oxygens (including phenoxy) is 1. The monoisotopic (exact) mass is 323 g/mol. The number of para-hydroxylation sites is 1. The van der Waals surface area contributed by atoms with Crippen LogP contribution in [-0.2, 0) is 12.0 Å². The number of thiophene rings is 1. The van der Waals surface area contributed by atoms with Gasteiger partial charge in [-0.3, -0.25) is 0 Å². The highest BCUT2D eigenvalue weighted by molar-refractivity contribution is 9.10.